The Hall–Kier alpha value is -3.07. The van der Waals surface area contributed by atoms with Gasteiger partial charge in [-0.2, -0.15) is 20.1 Å². The van der Waals surface area contributed by atoms with E-state index in [9.17, 15) is 4.39 Å². The molecule has 1 saturated carbocycles. The van der Waals surface area contributed by atoms with Crippen molar-refractivity contribution in [1.82, 2.24) is 29.8 Å². The van der Waals surface area contributed by atoms with E-state index >= 15 is 0 Å². The molecule has 1 fully saturated rings. The predicted octanol–water partition coefficient (Wildman–Crippen LogP) is 5.73. The molecule has 0 N–H and O–H groups in total. The summed E-state index contributed by atoms with van der Waals surface area (Å²) in [4.78, 5) is 5.91. The number of aryl methyl sites for hydroxylation is 3. The summed E-state index contributed by atoms with van der Waals surface area (Å²) in [6.45, 7) is 6.78. The van der Waals surface area contributed by atoms with Crippen molar-refractivity contribution in [3.05, 3.63) is 75.2 Å². The molecule has 0 bridgehead atoms. The van der Waals surface area contributed by atoms with Crippen molar-refractivity contribution in [2.24, 2.45) is 13.0 Å². The summed E-state index contributed by atoms with van der Waals surface area (Å²) in [5, 5.41) is 14.0. The Morgan fingerprint density at radius 2 is 1.94 bits per heavy atom. The zero-order valence-electron chi connectivity index (χ0n) is 20.3. The molecule has 4 aromatic rings. The molecule has 9 heteroatoms. The van der Waals surface area contributed by atoms with Crippen molar-refractivity contribution < 1.29 is 9.13 Å². The second-order valence-corrected chi connectivity index (χ2v) is 10.2. The second-order valence-electron chi connectivity index (χ2n) is 9.30. The number of hydrogen-bond donors (Lipinski definition) is 0. The lowest BCUT2D eigenvalue weighted by Gasteiger charge is -2.19. The van der Waals surface area contributed by atoms with Gasteiger partial charge in [-0.3, -0.25) is 9.67 Å². The highest BCUT2D eigenvalue weighted by Gasteiger charge is 2.24. The smallest absolute Gasteiger partial charge is 0.142 e. The van der Waals surface area contributed by atoms with Gasteiger partial charge in [0.25, 0.3) is 0 Å². The van der Waals surface area contributed by atoms with E-state index < -0.39 is 6.10 Å². The second kappa shape index (κ2) is 9.53. The van der Waals surface area contributed by atoms with Crippen molar-refractivity contribution in [2.75, 3.05) is 0 Å². The molecule has 1 atom stereocenters. The van der Waals surface area contributed by atoms with Gasteiger partial charge in [0.05, 0.1) is 17.1 Å². The van der Waals surface area contributed by atoms with Crippen LogP contribution < -0.4 is 4.74 Å². The molecule has 0 radical (unpaired) electrons. The lowest BCUT2D eigenvalue weighted by Crippen LogP contribution is -2.08. The molecule has 0 amide bonds. The van der Waals surface area contributed by atoms with Crippen molar-refractivity contribution in [1.29, 1.82) is 0 Å². The van der Waals surface area contributed by atoms with Crippen LogP contribution in [-0.2, 0) is 20.0 Å². The summed E-state index contributed by atoms with van der Waals surface area (Å²) >= 11 is 3.44. The summed E-state index contributed by atoms with van der Waals surface area (Å²) in [6, 6.07) is 6.59. The van der Waals surface area contributed by atoms with Crippen LogP contribution in [0.25, 0.3) is 11.3 Å². The molecule has 3 aromatic heterocycles. The molecule has 0 saturated heterocycles. The molecule has 3 heterocycles. The fourth-order valence-electron chi connectivity index (χ4n) is 4.29. The maximum Gasteiger partial charge on any atom is 0.142 e. The number of halogens is 2. The van der Waals surface area contributed by atoms with Gasteiger partial charge in [-0.25, -0.2) is 4.39 Å². The first-order chi connectivity index (χ1) is 16.8. The Bertz CT molecular complexity index is 1380. The zero-order valence-corrected chi connectivity index (χ0v) is 21.9. The molecule has 182 valence electrons. The first kappa shape index (κ1) is 23.7. The molecule has 1 aliphatic rings. The third-order valence-electron chi connectivity index (χ3n) is 6.35. The molecule has 35 heavy (non-hydrogen) atoms. The average molecular weight is 539 g/mol. The number of ether oxygens (including phenoxy) is 1. The first-order valence-electron chi connectivity index (χ1n) is 11.8. The van der Waals surface area contributed by atoms with Crippen molar-refractivity contribution in [3.8, 4) is 17.0 Å². The number of nitrogens with zero attached hydrogens (tertiary/aromatic N) is 6. The van der Waals surface area contributed by atoms with Gasteiger partial charge < -0.3 is 4.74 Å². The van der Waals surface area contributed by atoms with Crippen LogP contribution in [0.2, 0.25) is 0 Å². The fourth-order valence-corrected chi connectivity index (χ4v) is 4.60. The fraction of sp³-hybridized carbons (Fsp3) is 0.385. The van der Waals surface area contributed by atoms with Gasteiger partial charge in [-0.15, -0.1) is 0 Å². The first-order valence-corrected chi connectivity index (χ1v) is 12.6. The van der Waals surface area contributed by atoms with Crippen molar-refractivity contribution in [3.63, 3.8) is 0 Å². The van der Waals surface area contributed by atoms with Gasteiger partial charge in [0.1, 0.15) is 23.4 Å². The van der Waals surface area contributed by atoms with Crippen molar-refractivity contribution >= 4 is 15.9 Å². The minimum absolute atomic E-state index is 0.328. The Kier molecular flexibility index (Phi) is 6.44. The third kappa shape index (κ3) is 5.29. The van der Waals surface area contributed by atoms with E-state index in [1.807, 2.05) is 31.5 Å². The molecule has 0 aliphatic heterocycles. The molecular weight excluding hydrogens is 511 g/mol. The van der Waals surface area contributed by atoms with E-state index in [0.717, 1.165) is 50.8 Å². The van der Waals surface area contributed by atoms with Crippen LogP contribution in [0.5, 0.6) is 5.75 Å². The Morgan fingerprint density at radius 1 is 1.14 bits per heavy atom. The van der Waals surface area contributed by atoms with E-state index in [-0.39, 0.29) is 5.82 Å². The van der Waals surface area contributed by atoms with E-state index in [1.165, 1.54) is 25.0 Å². The van der Waals surface area contributed by atoms with Gasteiger partial charge in [0.2, 0.25) is 0 Å². The van der Waals surface area contributed by atoms with E-state index in [1.54, 1.807) is 24.1 Å². The van der Waals surface area contributed by atoms with Crippen LogP contribution in [0, 0.1) is 25.6 Å². The summed E-state index contributed by atoms with van der Waals surface area (Å²) < 4.78 is 23.5. The average Bonchev–Trinajstić information content (AvgIpc) is 3.45. The Labute approximate surface area is 212 Å². The number of rotatable bonds is 8. The Balaban J connectivity index is 1.48. The molecule has 7 nitrogen and oxygen atoms in total. The molecule has 0 unspecified atom stereocenters. The molecular formula is C26H28BrFN6O. The van der Waals surface area contributed by atoms with Gasteiger partial charge in [0.15, 0.2) is 0 Å². The zero-order chi connectivity index (χ0) is 24.7. The molecule has 1 aromatic carbocycles. The normalized spacial score (nSPS) is 14.3. The van der Waals surface area contributed by atoms with E-state index in [2.05, 4.69) is 37.3 Å². The minimum Gasteiger partial charge on any atom is -0.484 e. The number of hydrogen-bond acceptors (Lipinski definition) is 5. The largest absolute Gasteiger partial charge is 0.484 e. The van der Waals surface area contributed by atoms with E-state index in [0.29, 0.717) is 17.7 Å². The SMILES string of the molecule is Cc1nn(CC2CC2)cc1Cc1nn(C)nc1-c1ccc(F)cc1[C@H](C)Oc1cc(Br)cnc1C. The monoisotopic (exact) mass is 538 g/mol. The minimum atomic E-state index is -0.437. The summed E-state index contributed by atoms with van der Waals surface area (Å²) in [7, 11) is 1.80. The Morgan fingerprint density at radius 3 is 2.71 bits per heavy atom. The maximum atomic E-state index is 14.4. The van der Waals surface area contributed by atoms with Crippen LogP contribution in [0.15, 0.2) is 41.1 Å². The summed E-state index contributed by atoms with van der Waals surface area (Å²) in [5.41, 5.74) is 5.92. The summed E-state index contributed by atoms with van der Waals surface area (Å²) in [5.74, 6) is 1.06. The molecule has 5 rings (SSSR count). The van der Waals surface area contributed by atoms with Gasteiger partial charge in [-0.05, 0) is 85.3 Å². The van der Waals surface area contributed by atoms with Gasteiger partial charge in [-0.1, -0.05) is 0 Å². The van der Waals surface area contributed by atoms with Crippen molar-refractivity contribution in [2.45, 2.75) is 52.7 Å². The quantitative estimate of drug-likeness (QED) is 0.286. The van der Waals surface area contributed by atoms with Gasteiger partial charge in [0, 0.05) is 48.0 Å². The highest BCUT2D eigenvalue weighted by atomic mass is 79.9. The lowest BCUT2D eigenvalue weighted by atomic mass is 9.97. The highest BCUT2D eigenvalue weighted by molar-refractivity contribution is 9.10. The van der Waals surface area contributed by atoms with Crippen LogP contribution in [0.1, 0.15) is 54.1 Å². The standard InChI is InChI=1S/C26H28BrFN6O/c1-15-19(14-34(30-15)13-18-5-6-18)9-24-26(32-33(4)31-24)22-8-7-21(28)11-23(22)17(3)35-25-10-20(27)12-29-16(25)2/h7-8,10-12,14,17-18H,5-6,9,13H2,1-4H3/t17-/m0/s1. The number of aromatic nitrogens is 6. The van der Waals surface area contributed by atoms with Crippen LogP contribution in [0.3, 0.4) is 0 Å². The highest BCUT2D eigenvalue weighted by Crippen LogP contribution is 2.35. The topological polar surface area (TPSA) is 70.7 Å². The lowest BCUT2D eigenvalue weighted by molar-refractivity contribution is 0.224. The van der Waals surface area contributed by atoms with Crippen LogP contribution in [0.4, 0.5) is 4.39 Å². The summed E-state index contributed by atoms with van der Waals surface area (Å²) in [6.07, 6.45) is 6.57. The molecule has 0 spiro atoms. The molecule has 1 aliphatic carbocycles. The van der Waals surface area contributed by atoms with Crippen LogP contribution in [-0.4, -0.2) is 29.8 Å². The van der Waals surface area contributed by atoms with Crippen LogP contribution >= 0.6 is 15.9 Å². The third-order valence-corrected chi connectivity index (χ3v) is 6.78. The van der Waals surface area contributed by atoms with E-state index in [4.69, 9.17) is 9.84 Å². The predicted molar refractivity (Wildman–Crippen MR) is 135 cm³/mol. The number of pyridine rings is 1. The maximum absolute atomic E-state index is 14.4. The number of benzene rings is 1. The van der Waals surface area contributed by atoms with Gasteiger partial charge >= 0.3 is 0 Å².